The lowest BCUT2D eigenvalue weighted by Crippen LogP contribution is -2.13. The fourth-order valence-corrected chi connectivity index (χ4v) is 1.99. The molecule has 0 spiro atoms. The summed E-state index contributed by atoms with van der Waals surface area (Å²) in [4.78, 5) is 3.12. The van der Waals surface area contributed by atoms with E-state index in [1.54, 1.807) is 0 Å². The van der Waals surface area contributed by atoms with Crippen LogP contribution in [0.15, 0.2) is 42.5 Å². The van der Waals surface area contributed by atoms with Crippen molar-refractivity contribution in [2.24, 2.45) is 5.73 Å². The summed E-state index contributed by atoms with van der Waals surface area (Å²) in [5, 5.41) is 0. The van der Waals surface area contributed by atoms with Crippen LogP contribution in [0, 0.1) is 11.6 Å². The van der Waals surface area contributed by atoms with Gasteiger partial charge in [-0.2, -0.15) is 0 Å². The van der Waals surface area contributed by atoms with Crippen molar-refractivity contribution in [3.8, 4) is 0 Å². The van der Waals surface area contributed by atoms with Crippen LogP contribution < -0.4 is 5.73 Å². The Morgan fingerprint density at radius 1 is 1.12 bits per heavy atom. The van der Waals surface area contributed by atoms with Gasteiger partial charge in [-0.05, 0) is 24.1 Å². The Kier molecular flexibility index (Phi) is 3.17. The fourth-order valence-electron chi connectivity index (χ4n) is 1.77. The molecule has 82 valence electrons. The molecule has 1 heterocycles. The van der Waals surface area contributed by atoms with Crippen LogP contribution in [-0.4, -0.2) is 4.98 Å². The van der Waals surface area contributed by atoms with Crippen molar-refractivity contribution in [3.63, 3.8) is 0 Å². The predicted octanol–water partition coefficient (Wildman–Crippen LogP) is 3.10. The lowest BCUT2D eigenvalue weighted by atomic mass is 9.99. The molecule has 0 fully saturated rings. The molecule has 2 rings (SSSR count). The number of aromatic amines is 1. The third-order valence-corrected chi connectivity index (χ3v) is 2.89. The van der Waals surface area contributed by atoms with Gasteiger partial charge in [-0.3, -0.25) is 0 Å². The highest BCUT2D eigenvalue weighted by atomic mass is 32.1. The summed E-state index contributed by atoms with van der Waals surface area (Å²) in [5.41, 5.74) is 9.44. The highest BCUT2D eigenvalue weighted by Crippen LogP contribution is 2.20. The average Bonchev–Trinajstić information content (AvgIpc) is 2.29. The minimum Gasteiger partial charge on any atom is -0.350 e. The van der Waals surface area contributed by atoms with Gasteiger partial charge in [0.1, 0.15) is 4.64 Å². The zero-order valence-electron chi connectivity index (χ0n) is 9.10. The average molecular weight is 230 g/mol. The maximum Gasteiger partial charge on any atom is 0.103 e. The second-order valence-electron chi connectivity index (χ2n) is 3.79. The molecule has 1 aromatic carbocycles. The van der Waals surface area contributed by atoms with E-state index >= 15 is 0 Å². The SMILES string of the molecule is Cc1[nH]c(=S)ccc1[C@@H](N)c1ccccc1. The molecule has 0 saturated heterocycles. The maximum absolute atomic E-state index is 6.21. The van der Waals surface area contributed by atoms with E-state index in [-0.39, 0.29) is 6.04 Å². The molecule has 3 N–H and O–H groups in total. The Morgan fingerprint density at radius 2 is 1.81 bits per heavy atom. The van der Waals surface area contributed by atoms with Crippen molar-refractivity contribution in [3.05, 3.63) is 63.9 Å². The molecule has 0 amide bonds. The van der Waals surface area contributed by atoms with Gasteiger partial charge in [-0.1, -0.05) is 48.6 Å². The van der Waals surface area contributed by atoms with E-state index < -0.39 is 0 Å². The first-order chi connectivity index (χ1) is 7.68. The number of nitrogens with one attached hydrogen (secondary N) is 1. The Morgan fingerprint density at radius 3 is 2.44 bits per heavy atom. The molecule has 2 aromatic rings. The summed E-state index contributed by atoms with van der Waals surface area (Å²) in [5.74, 6) is 0. The van der Waals surface area contributed by atoms with Gasteiger partial charge in [0.15, 0.2) is 0 Å². The molecule has 1 atom stereocenters. The van der Waals surface area contributed by atoms with E-state index in [1.807, 2.05) is 49.4 Å². The van der Waals surface area contributed by atoms with Gasteiger partial charge in [0.05, 0.1) is 6.04 Å². The Balaban J connectivity index is 2.42. The van der Waals surface area contributed by atoms with Gasteiger partial charge < -0.3 is 10.7 Å². The summed E-state index contributed by atoms with van der Waals surface area (Å²) in [6.45, 7) is 1.99. The van der Waals surface area contributed by atoms with Crippen LogP contribution >= 0.6 is 12.2 Å². The lowest BCUT2D eigenvalue weighted by Gasteiger charge is -2.14. The van der Waals surface area contributed by atoms with Gasteiger partial charge in [0, 0.05) is 5.69 Å². The smallest absolute Gasteiger partial charge is 0.103 e. The van der Waals surface area contributed by atoms with Crippen molar-refractivity contribution in [1.82, 2.24) is 4.98 Å². The van der Waals surface area contributed by atoms with Crippen LogP contribution in [0.5, 0.6) is 0 Å². The van der Waals surface area contributed by atoms with E-state index in [1.165, 1.54) is 0 Å². The van der Waals surface area contributed by atoms with E-state index in [0.29, 0.717) is 0 Å². The molecule has 2 nitrogen and oxygen atoms in total. The van der Waals surface area contributed by atoms with Crippen LogP contribution in [0.1, 0.15) is 22.9 Å². The summed E-state index contributed by atoms with van der Waals surface area (Å²) in [7, 11) is 0. The number of benzene rings is 1. The van der Waals surface area contributed by atoms with Gasteiger partial charge in [0.25, 0.3) is 0 Å². The molecular formula is C13H14N2S. The van der Waals surface area contributed by atoms with Crippen LogP contribution in [0.2, 0.25) is 0 Å². The Hall–Kier alpha value is -1.45. The van der Waals surface area contributed by atoms with Crippen molar-refractivity contribution in [2.75, 3.05) is 0 Å². The Labute approximate surface area is 100 Å². The standard InChI is InChI=1S/C13H14N2S/c1-9-11(7-8-12(16)15-9)13(14)10-5-3-2-4-6-10/h2-8,13H,14H2,1H3,(H,15,16)/t13-/m0/s1. The zero-order chi connectivity index (χ0) is 11.5. The molecule has 3 heteroatoms. The van der Waals surface area contributed by atoms with Crippen LogP contribution in [0.25, 0.3) is 0 Å². The third-order valence-electron chi connectivity index (χ3n) is 2.65. The topological polar surface area (TPSA) is 41.8 Å². The molecule has 0 aliphatic carbocycles. The maximum atomic E-state index is 6.21. The molecule has 0 unspecified atom stereocenters. The zero-order valence-corrected chi connectivity index (χ0v) is 9.92. The predicted molar refractivity (Wildman–Crippen MR) is 68.8 cm³/mol. The van der Waals surface area contributed by atoms with Crippen molar-refractivity contribution >= 4 is 12.2 Å². The number of nitrogens with two attached hydrogens (primary N) is 1. The molecule has 0 aliphatic rings. The van der Waals surface area contributed by atoms with Crippen LogP contribution in [0.4, 0.5) is 0 Å². The molecule has 0 bridgehead atoms. The van der Waals surface area contributed by atoms with E-state index in [0.717, 1.165) is 21.5 Å². The van der Waals surface area contributed by atoms with Crippen molar-refractivity contribution < 1.29 is 0 Å². The number of pyridine rings is 1. The normalized spacial score (nSPS) is 12.4. The lowest BCUT2D eigenvalue weighted by molar-refractivity contribution is 0.847. The number of hydrogen-bond donors (Lipinski definition) is 2. The van der Waals surface area contributed by atoms with Gasteiger partial charge >= 0.3 is 0 Å². The van der Waals surface area contributed by atoms with Crippen LogP contribution in [0.3, 0.4) is 0 Å². The molecular weight excluding hydrogens is 216 g/mol. The molecule has 1 aromatic heterocycles. The van der Waals surface area contributed by atoms with Crippen molar-refractivity contribution in [1.29, 1.82) is 0 Å². The first-order valence-corrected chi connectivity index (χ1v) is 5.59. The highest BCUT2D eigenvalue weighted by molar-refractivity contribution is 7.71. The number of aromatic nitrogens is 1. The highest BCUT2D eigenvalue weighted by Gasteiger charge is 2.10. The van der Waals surface area contributed by atoms with E-state index in [4.69, 9.17) is 18.0 Å². The minimum absolute atomic E-state index is 0.104. The summed E-state index contributed by atoms with van der Waals surface area (Å²) in [6, 6.07) is 13.8. The summed E-state index contributed by atoms with van der Waals surface area (Å²) >= 11 is 5.07. The largest absolute Gasteiger partial charge is 0.350 e. The first kappa shape index (κ1) is 11.0. The quantitative estimate of drug-likeness (QED) is 0.778. The fraction of sp³-hybridized carbons (Fsp3) is 0.154. The molecule has 0 radical (unpaired) electrons. The number of aryl methyl sites for hydroxylation is 1. The second kappa shape index (κ2) is 4.60. The van der Waals surface area contributed by atoms with Gasteiger partial charge in [-0.25, -0.2) is 0 Å². The second-order valence-corrected chi connectivity index (χ2v) is 4.23. The Bertz CT molecular complexity index is 531. The summed E-state index contributed by atoms with van der Waals surface area (Å²) < 4.78 is 0.738. The minimum atomic E-state index is -0.104. The van der Waals surface area contributed by atoms with Gasteiger partial charge in [0.2, 0.25) is 0 Å². The molecule has 0 saturated carbocycles. The van der Waals surface area contributed by atoms with E-state index in [2.05, 4.69) is 4.98 Å². The molecule has 0 aliphatic heterocycles. The number of hydrogen-bond acceptors (Lipinski definition) is 2. The van der Waals surface area contributed by atoms with Gasteiger partial charge in [-0.15, -0.1) is 0 Å². The van der Waals surface area contributed by atoms with E-state index in [9.17, 15) is 0 Å². The summed E-state index contributed by atoms with van der Waals surface area (Å²) in [6.07, 6.45) is 0. The molecule has 16 heavy (non-hydrogen) atoms. The number of H-pyrrole nitrogens is 1. The monoisotopic (exact) mass is 230 g/mol. The number of rotatable bonds is 2. The van der Waals surface area contributed by atoms with Crippen molar-refractivity contribution in [2.45, 2.75) is 13.0 Å². The third kappa shape index (κ3) is 2.21. The first-order valence-electron chi connectivity index (χ1n) is 5.19. The van der Waals surface area contributed by atoms with Crippen LogP contribution in [-0.2, 0) is 0 Å².